The van der Waals surface area contributed by atoms with E-state index in [9.17, 15) is 0 Å². The van der Waals surface area contributed by atoms with Gasteiger partial charge in [-0.3, -0.25) is 0 Å². The standard InChI is InChI=1S/C15H19N3OS/c1-3-13(10-6-8-12(19-2)9-7-10)16-15-17-14(18-20-15)11-4-5-11/h6-9,11,13H,3-5H2,1-2H3,(H,16,17,18). The second kappa shape index (κ2) is 5.79. The van der Waals surface area contributed by atoms with Crippen molar-refractivity contribution < 1.29 is 4.74 Å². The molecule has 0 radical (unpaired) electrons. The number of methoxy groups -OCH3 is 1. The fourth-order valence-electron chi connectivity index (χ4n) is 2.21. The smallest absolute Gasteiger partial charge is 0.203 e. The quantitative estimate of drug-likeness (QED) is 0.873. The first-order chi connectivity index (χ1) is 9.80. The molecule has 20 heavy (non-hydrogen) atoms. The SMILES string of the molecule is CCC(Nc1nc(C2CC2)ns1)c1ccc(OC)cc1. The van der Waals surface area contributed by atoms with Crippen molar-refractivity contribution in [2.75, 3.05) is 12.4 Å². The van der Waals surface area contributed by atoms with E-state index in [1.165, 1.54) is 29.9 Å². The van der Waals surface area contributed by atoms with Crippen molar-refractivity contribution in [1.29, 1.82) is 0 Å². The largest absolute Gasteiger partial charge is 0.497 e. The number of ether oxygens (including phenoxy) is 1. The first kappa shape index (κ1) is 13.4. The molecule has 1 aromatic carbocycles. The first-order valence-corrected chi connectivity index (χ1v) is 7.81. The summed E-state index contributed by atoms with van der Waals surface area (Å²) >= 11 is 1.47. The average Bonchev–Trinajstić information content (AvgIpc) is 3.25. The lowest BCUT2D eigenvalue weighted by molar-refractivity contribution is 0.414. The van der Waals surface area contributed by atoms with Crippen LogP contribution >= 0.6 is 11.5 Å². The van der Waals surface area contributed by atoms with Crippen molar-refractivity contribution >= 4 is 16.7 Å². The molecule has 1 unspecified atom stereocenters. The highest BCUT2D eigenvalue weighted by Crippen LogP contribution is 2.39. The molecule has 0 amide bonds. The zero-order valence-electron chi connectivity index (χ0n) is 11.8. The normalized spacial score (nSPS) is 15.9. The molecule has 1 heterocycles. The summed E-state index contributed by atoms with van der Waals surface area (Å²) < 4.78 is 9.63. The van der Waals surface area contributed by atoms with Gasteiger partial charge >= 0.3 is 0 Å². The molecule has 2 aromatic rings. The molecule has 4 nitrogen and oxygen atoms in total. The molecule has 5 heteroatoms. The van der Waals surface area contributed by atoms with Gasteiger partial charge in [-0.15, -0.1) is 0 Å². The molecular formula is C15H19N3OS. The van der Waals surface area contributed by atoms with Crippen LogP contribution in [-0.4, -0.2) is 16.5 Å². The van der Waals surface area contributed by atoms with Gasteiger partial charge in [-0.1, -0.05) is 19.1 Å². The Kier molecular flexibility index (Phi) is 3.87. The maximum absolute atomic E-state index is 5.20. The van der Waals surface area contributed by atoms with Gasteiger partial charge in [0, 0.05) is 17.5 Å². The lowest BCUT2D eigenvalue weighted by Gasteiger charge is -2.16. The number of nitrogens with zero attached hydrogens (tertiary/aromatic N) is 2. The molecule has 106 valence electrons. The van der Waals surface area contributed by atoms with E-state index in [-0.39, 0.29) is 6.04 Å². The number of hydrogen-bond acceptors (Lipinski definition) is 5. The van der Waals surface area contributed by atoms with E-state index in [4.69, 9.17) is 4.74 Å². The summed E-state index contributed by atoms with van der Waals surface area (Å²) in [6, 6.07) is 8.46. The van der Waals surface area contributed by atoms with Gasteiger partial charge in [0.25, 0.3) is 0 Å². The molecule has 1 aromatic heterocycles. The van der Waals surface area contributed by atoms with Crippen LogP contribution in [-0.2, 0) is 0 Å². The summed E-state index contributed by atoms with van der Waals surface area (Å²) in [4.78, 5) is 4.59. The Balaban J connectivity index is 1.71. The molecule has 0 spiro atoms. The lowest BCUT2D eigenvalue weighted by atomic mass is 10.0. The Morgan fingerprint density at radius 2 is 2.10 bits per heavy atom. The highest BCUT2D eigenvalue weighted by atomic mass is 32.1. The van der Waals surface area contributed by atoms with Crippen molar-refractivity contribution in [1.82, 2.24) is 9.36 Å². The Hall–Kier alpha value is -1.62. The third kappa shape index (κ3) is 2.93. The molecular weight excluding hydrogens is 270 g/mol. The minimum absolute atomic E-state index is 0.265. The van der Waals surface area contributed by atoms with Crippen molar-refractivity contribution in [2.45, 2.75) is 38.1 Å². The van der Waals surface area contributed by atoms with Gasteiger partial charge in [-0.2, -0.15) is 4.37 Å². The van der Waals surface area contributed by atoms with Crippen LogP contribution in [0.5, 0.6) is 5.75 Å². The summed E-state index contributed by atoms with van der Waals surface area (Å²) in [6.45, 7) is 2.17. The van der Waals surface area contributed by atoms with Gasteiger partial charge in [0.2, 0.25) is 5.13 Å². The van der Waals surface area contributed by atoms with E-state index in [0.717, 1.165) is 23.1 Å². The van der Waals surface area contributed by atoms with Crippen LogP contribution in [0.15, 0.2) is 24.3 Å². The molecule has 1 fully saturated rings. The molecule has 1 saturated carbocycles. The van der Waals surface area contributed by atoms with Crippen LogP contribution in [0.2, 0.25) is 0 Å². The van der Waals surface area contributed by atoms with Crippen LogP contribution in [0.25, 0.3) is 0 Å². The summed E-state index contributed by atoms with van der Waals surface area (Å²) in [7, 11) is 1.69. The van der Waals surface area contributed by atoms with Crippen LogP contribution < -0.4 is 10.1 Å². The van der Waals surface area contributed by atoms with Crippen LogP contribution in [0.3, 0.4) is 0 Å². The zero-order valence-corrected chi connectivity index (χ0v) is 12.6. The Bertz CT molecular complexity index is 563. The number of rotatable bonds is 6. The molecule has 0 aliphatic heterocycles. The summed E-state index contributed by atoms with van der Waals surface area (Å²) in [5.74, 6) is 2.51. The first-order valence-electron chi connectivity index (χ1n) is 7.04. The van der Waals surface area contributed by atoms with Crippen molar-refractivity contribution in [3.63, 3.8) is 0 Å². The highest BCUT2D eigenvalue weighted by molar-refractivity contribution is 7.09. The maximum atomic E-state index is 5.20. The average molecular weight is 289 g/mol. The highest BCUT2D eigenvalue weighted by Gasteiger charge is 2.28. The van der Waals surface area contributed by atoms with Gasteiger partial charge in [-0.25, -0.2) is 4.98 Å². The minimum atomic E-state index is 0.265. The van der Waals surface area contributed by atoms with E-state index in [2.05, 4.69) is 33.7 Å². The van der Waals surface area contributed by atoms with Gasteiger partial charge in [0.15, 0.2) is 0 Å². The predicted molar refractivity (Wildman–Crippen MR) is 81.5 cm³/mol. The third-order valence-corrected chi connectivity index (χ3v) is 4.27. The second-order valence-corrected chi connectivity index (χ2v) is 5.86. The molecule has 1 aliphatic rings. The van der Waals surface area contributed by atoms with E-state index < -0.39 is 0 Å². The van der Waals surface area contributed by atoms with Crippen molar-refractivity contribution in [2.24, 2.45) is 0 Å². The Morgan fingerprint density at radius 1 is 1.35 bits per heavy atom. The minimum Gasteiger partial charge on any atom is -0.497 e. The van der Waals surface area contributed by atoms with Gasteiger partial charge in [-0.05, 0) is 37.0 Å². The predicted octanol–water partition coefficient (Wildman–Crippen LogP) is 3.99. The van der Waals surface area contributed by atoms with Crippen molar-refractivity contribution in [3.8, 4) is 5.75 Å². The number of anilines is 1. The van der Waals surface area contributed by atoms with E-state index in [1.807, 2.05) is 12.1 Å². The molecule has 3 rings (SSSR count). The Labute approximate surface area is 123 Å². The third-order valence-electron chi connectivity index (χ3n) is 3.61. The monoisotopic (exact) mass is 289 g/mol. The van der Waals surface area contributed by atoms with Gasteiger partial charge in [0.05, 0.1) is 13.2 Å². The Morgan fingerprint density at radius 3 is 2.70 bits per heavy atom. The van der Waals surface area contributed by atoms with E-state index >= 15 is 0 Å². The van der Waals surface area contributed by atoms with Crippen LogP contribution in [0.4, 0.5) is 5.13 Å². The fraction of sp³-hybridized carbons (Fsp3) is 0.467. The molecule has 0 saturated heterocycles. The van der Waals surface area contributed by atoms with Crippen LogP contribution in [0.1, 0.15) is 49.5 Å². The number of hydrogen-bond donors (Lipinski definition) is 1. The molecule has 1 aliphatic carbocycles. The maximum Gasteiger partial charge on any atom is 0.203 e. The fourth-order valence-corrected chi connectivity index (χ4v) is 2.91. The topological polar surface area (TPSA) is 47.0 Å². The zero-order chi connectivity index (χ0) is 13.9. The van der Waals surface area contributed by atoms with Gasteiger partial charge < -0.3 is 10.1 Å². The van der Waals surface area contributed by atoms with E-state index in [1.54, 1.807) is 7.11 Å². The summed E-state index contributed by atoms with van der Waals surface area (Å²) in [5.41, 5.74) is 1.25. The number of benzene rings is 1. The molecule has 1 N–H and O–H groups in total. The lowest BCUT2D eigenvalue weighted by Crippen LogP contribution is -2.09. The number of nitrogens with one attached hydrogen (secondary N) is 1. The summed E-state index contributed by atoms with van der Waals surface area (Å²) in [5, 5.41) is 4.42. The molecule has 1 atom stereocenters. The second-order valence-electron chi connectivity index (χ2n) is 5.11. The van der Waals surface area contributed by atoms with E-state index in [0.29, 0.717) is 5.92 Å². The van der Waals surface area contributed by atoms with Gasteiger partial charge in [0.1, 0.15) is 11.6 Å². The summed E-state index contributed by atoms with van der Waals surface area (Å²) in [6.07, 6.45) is 3.49. The van der Waals surface area contributed by atoms with Crippen molar-refractivity contribution in [3.05, 3.63) is 35.7 Å². The molecule has 0 bridgehead atoms. The number of aromatic nitrogens is 2. The van der Waals surface area contributed by atoms with Crippen LogP contribution in [0, 0.1) is 0 Å².